The van der Waals surface area contributed by atoms with Gasteiger partial charge in [-0.1, -0.05) is 11.6 Å². The molecule has 0 aliphatic carbocycles. The Balaban J connectivity index is 2.15. The van der Waals surface area contributed by atoms with Crippen molar-refractivity contribution in [2.45, 2.75) is 0 Å². The van der Waals surface area contributed by atoms with Gasteiger partial charge in [-0.15, -0.1) is 0 Å². The lowest BCUT2D eigenvalue weighted by Gasteiger charge is -2.02. The SMILES string of the molecule is O=C(/C=C/c1ccco1)Nc1nc(Cl)ccc1[N+](=O)[O-]. The van der Waals surface area contributed by atoms with Crippen LogP contribution in [0.4, 0.5) is 11.5 Å². The fourth-order valence-electron chi connectivity index (χ4n) is 1.37. The maximum absolute atomic E-state index is 11.6. The van der Waals surface area contributed by atoms with Gasteiger partial charge in [0.1, 0.15) is 10.9 Å². The Bertz CT molecular complexity index is 667. The number of aromatic nitrogens is 1. The predicted molar refractivity (Wildman–Crippen MR) is 72.3 cm³/mol. The van der Waals surface area contributed by atoms with Crippen LogP contribution in [0.5, 0.6) is 0 Å². The minimum absolute atomic E-state index is 0.0425. The summed E-state index contributed by atoms with van der Waals surface area (Å²) in [7, 11) is 0. The molecule has 2 rings (SSSR count). The molecule has 102 valence electrons. The first-order valence-electron chi connectivity index (χ1n) is 5.40. The second-order valence-corrected chi connectivity index (χ2v) is 3.98. The normalized spacial score (nSPS) is 10.7. The monoisotopic (exact) mass is 293 g/mol. The smallest absolute Gasteiger partial charge is 0.311 e. The summed E-state index contributed by atoms with van der Waals surface area (Å²) >= 11 is 5.65. The number of hydrogen-bond donors (Lipinski definition) is 1. The molecule has 1 amide bonds. The van der Waals surface area contributed by atoms with E-state index in [-0.39, 0.29) is 16.7 Å². The van der Waals surface area contributed by atoms with Crippen molar-refractivity contribution in [2.24, 2.45) is 0 Å². The maximum Gasteiger partial charge on any atom is 0.311 e. The van der Waals surface area contributed by atoms with Crippen molar-refractivity contribution in [1.82, 2.24) is 4.98 Å². The van der Waals surface area contributed by atoms with Crippen LogP contribution in [-0.2, 0) is 4.79 Å². The van der Waals surface area contributed by atoms with Gasteiger partial charge in [0.05, 0.1) is 11.2 Å². The number of rotatable bonds is 4. The number of carbonyl (C=O) groups excluding carboxylic acids is 1. The highest BCUT2D eigenvalue weighted by Gasteiger charge is 2.17. The highest BCUT2D eigenvalue weighted by molar-refractivity contribution is 6.29. The summed E-state index contributed by atoms with van der Waals surface area (Å²) < 4.78 is 5.00. The number of carbonyl (C=O) groups is 1. The molecule has 0 saturated heterocycles. The van der Waals surface area contributed by atoms with Crippen LogP contribution in [0.1, 0.15) is 5.76 Å². The molecule has 0 aliphatic heterocycles. The number of pyridine rings is 1. The van der Waals surface area contributed by atoms with Gasteiger partial charge in [0.2, 0.25) is 11.7 Å². The van der Waals surface area contributed by atoms with Gasteiger partial charge < -0.3 is 9.73 Å². The first-order valence-corrected chi connectivity index (χ1v) is 5.77. The molecule has 0 saturated carbocycles. The van der Waals surface area contributed by atoms with Crippen LogP contribution in [0.2, 0.25) is 5.15 Å². The van der Waals surface area contributed by atoms with Crippen LogP contribution in [0.25, 0.3) is 6.08 Å². The van der Waals surface area contributed by atoms with Crippen molar-refractivity contribution in [2.75, 3.05) is 5.32 Å². The largest absolute Gasteiger partial charge is 0.465 e. The fourth-order valence-corrected chi connectivity index (χ4v) is 1.52. The van der Waals surface area contributed by atoms with E-state index < -0.39 is 10.8 Å². The van der Waals surface area contributed by atoms with Crippen LogP contribution in [-0.4, -0.2) is 15.8 Å². The highest BCUT2D eigenvalue weighted by atomic mass is 35.5. The number of hydrogen-bond acceptors (Lipinski definition) is 5. The third kappa shape index (κ3) is 3.42. The van der Waals surface area contributed by atoms with E-state index >= 15 is 0 Å². The van der Waals surface area contributed by atoms with Crippen LogP contribution in [0, 0.1) is 10.1 Å². The van der Waals surface area contributed by atoms with E-state index in [2.05, 4.69) is 10.3 Å². The van der Waals surface area contributed by atoms with Crippen LogP contribution < -0.4 is 5.32 Å². The Morgan fingerprint density at radius 3 is 2.90 bits per heavy atom. The lowest BCUT2D eigenvalue weighted by atomic mass is 10.3. The Morgan fingerprint density at radius 1 is 1.45 bits per heavy atom. The molecule has 0 spiro atoms. The number of anilines is 1. The van der Waals surface area contributed by atoms with Crippen molar-refractivity contribution < 1.29 is 14.1 Å². The van der Waals surface area contributed by atoms with E-state index in [1.165, 1.54) is 30.5 Å². The molecule has 1 N–H and O–H groups in total. The van der Waals surface area contributed by atoms with E-state index in [1.54, 1.807) is 12.1 Å². The summed E-state index contributed by atoms with van der Waals surface area (Å²) in [6.07, 6.45) is 4.05. The summed E-state index contributed by atoms with van der Waals surface area (Å²) in [5, 5.41) is 13.1. The van der Waals surface area contributed by atoms with Gasteiger partial charge >= 0.3 is 5.69 Å². The molecule has 20 heavy (non-hydrogen) atoms. The Morgan fingerprint density at radius 2 is 2.25 bits per heavy atom. The van der Waals surface area contributed by atoms with Gasteiger partial charge in [0, 0.05) is 12.1 Å². The summed E-state index contributed by atoms with van der Waals surface area (Å²) in [5.41, 5.74) is -0.339. The molecule has 7 nitrogen and oxygen atoms in total. The summed E-state index contributed by atoms with van der Waals surface area (Å²) in [4.78, 5) is 25.5. The molecule has 0 unspecified atom stereocenters. The average molecular weight is 294 g/mol. The van der Waals surface area contributed by atoms with Gasteiger partial charge in [-0.05, 0) is 24.3 Å². The molecule has 2 aromatic heterocycles. The number of halogens is 1. The number of furan rings is 1. The van der Waals surface area contributed by atoms with Crippen LogP contribution in [0.15, 0.2) is 41.0 Å². The van der Waals surface area contributed by atoms with Crippen LogP contribution in [0.3, 0.4) is 0 Å². The van der Waals surface area contributed by atoms with E-state index in [1.807, 2.05) is 0 Å². The summed E-state index contributed by atoms with van der Waals surface area (Å²) in [6.45, 7) is 0. The predicted octanol–water partition coefficient (Wildman–Crippen LogP) is 2.89. The van der Waals surface area contributed by atoms with E-state index in [0.717, 1.165) is 0 Å². The highest BCUT2D eigenvalue weighted by Crippen LogP contribution is 2.23. The van der Waals surface area contributed by atoms with E-state index in [9.17, 15) is 14.9 Å². The molecule has 0 atom stereocenters. The fraction of sp³-hybridized carbons (Fsp3) is 0. The van der Waals surface area contributed by atoms with E-state index in [0.29, 0.717) is 5.76 Å². The minimum atomic E-state index is -0.658. The molecule has 2 aromatic rings. The van der Waals surface area contributed by atoms with Gasteiger partial charge in [-0.3, -0.25) is 14.9 Å². The molecular weight excluding hydrogens is 286 g/mol. The zero-order valence-electron chi connectivity index (χ0n) is 9.95. The number of nitrogens with zero attached hydrogens (tertiary/aromatic N) is 2. The van der Waals surface area contributed by atoms with Gasteiger partial charge in [-0.25, -0.2) is 4.98 Å². The quantitative estimate of drug-likeness (QED) is 0.404. The molecule has 0 aromatic carbocycles. The molecular formula is C12H8ClN3O4. The van der Waals surface area contributed by atoms with Gasteiger partial charge in [0.15, 0.2) is 0 Å². The molecule has 0 aliphatic rings. The number of nitrogens with one attached hydrogen (secondary N) is 1. The second kappa shape index (κ2) is 5.98. The third-order valence-electron chi connectivity index (χ3n) is 2.22. The van der Waals surface area contributed by atoms with Gasteiger partial charge in [-0.2, -0.15) is 0 Å². The van der Waals surface area contributed by atoms with Crippen LogP contribution >= 0.6 is 11.6 Å². The van der Waals surface area contributed by atoms with Crippen molar-refractivity contribution in [3.05, 3.63) is 57.6 Å². The Kier molecular flexibility index (Phi) is 4.11. The number of amides is 1. The second-order valence-electron chi connectivity index (χ2n) is 3.60. The minimum Gasteiger partial charge on any atom is -0.465 e. The summed E-state index contributed by atoms with van der Waals surface area (Å²) in [5.74, 6) is -0.315. The molecule has 0 radical (unpaired) electrons. The van der Waals surface area contributed by atoms with Gasteiger partial charge in [0.25, 0.3) is 0 Å². The van der Waals surface area contributed by atoms with E-state index in [4.69, 9.17) is 16.0 Å². The van der Waals surface area contributed by atoms with Crippen molar-refractivity contribution >= 4 is 35.1 Å². The Labute approximate surface area is 118 Å². The standard InChI is InChI=1S/C12H8ClN3O4/c13-10-5-4-9(16(18)19)12(14-10)15-11(17)6-3-8-2-1-7-20-8/h1-7H,(H,14,15,17)/b6-3+. The zero-order chi connectivity index (χ0) is 14.5. The molecule has 8 heteroatoms. The molecule has 2 heterocycles. The topological polar surface area (TPSA) is 98.3 Å². The lowest BCUT2D eigenvalue weighted by Crippen LogP contribution is -2.11. The molecule has 0 fully saturated rings. The average Bonchev–Trinajstić information content (AvgIpc) is 2.89. The first kappa shape index (κ1) is 13.8. The first-order chi connectivity index (χ1) is 9.56. The van der Waals surface area contributed by atoms with Crippen molar-refractivity contribution in [3.8, 4) is 0 Å². The lowest BCUT2D eigenvalue weighted by molar-refractivity contribution is -0.384. The zero-order valence-corrected chi connectivity index (χ0v) is 10.7. The van der Waals surface area contributed by atoms with Crippen molar-refractivity contribution in [1.29, 1.82) is 0 Å². The van der Waals surface area contributed by atoms with Crippen molar-refractivity contribution in [3.63, 3.8) is 0 Å². The summed E-state index contributed by atoms with van der Waals surface area (Å²) in [6, 6.07) is 5.76. The number of nitro groups is 1. The molecule has 0 bridgehead atoms. The third-order valence-corrected chi connectivity index (χ3v) is 2.43. The Hall–Kier alpha value is -2.67. The maximum atomic E-state index is 11.6.